The fourth-order valence-corrected chi connectivity index (χ4v) is 3.59. The van der Waals surface area contributed by atoms with E-state index in [0.29, 0.717) is 18.5 Å². The quantitative estimate of drug-likeness (QED) is 0.908. The van der Waals surface area contributed by atoms with Crippen LogP contribution in [-0.4, -0.2) is 41.6 Å². The Morgan fingerprint density at radius 1 is 1.65 bits per heavy atom. The first-order valence-corrected chi connectivity index (χ1v) is 8.11. The number of nitrogens with two attached hydrogens (primary N) is 1. The van der Waals surface area contributed by atoms with E-state index in [-0.39, 0.29) is 0 Å². The summed E-state index contributed by atoms with van der Waals surface area (Å²) in [6.45, 7) is 9.19. The summed E-state index contributed by atoms with van der Waals surface area (Å²) in [6, 6.07) is -0.00323. The number of aromatic nitrogens is 1. The maximum absolute atomic E-state index is 11.8. The molecule has 2 amide bonds. The van der Waals surface area contributed by atoms with E-state index >= 15 is 0 Å². The summed E-state index contributed by atoms with van der Waals surface area (Å²) in [4.78, 5) is 21.4. The van der Waals surface area contributed by atoms with Gasteiger partial charge in [-0.1, -0.05) is 20.8 Å². The van der Waals surface area contributed by atoms with Gasteiger partial charge in [-0.05, 0) is 31.8 Å². The number of likely N-dealkylation sites (tertiary alicyclic amines) is 1. The molecule has 1 aliphatic rings. The molecule has 20 heavy (non-hydrogen) atoms. The van der Waals surface area contributed by atoms with Crippen LogP contribution in [0.4, 0.5) is 9.93 Å². The molecule has 6 heteroatoms. The molecule has 2 N–H and O–H groups in total. The number of nitrogens with zero attached hydrogens (tertiary/aromatic N) is 3. The monoisotopic (exact) mass is 296 g/mol. The Kier molecular flexibility index (Phi) is 4.99. The van der Waals surface area contributed by atoms with E-state index < -0.39 is 6.03 Å². The summed E-state index contributed by atoms with van der Waals surface area (Å²) in [5.74, 6) is 0.426. The van der Waals surface area contributed by atoms with Crippen LogP contribution in [0.1, 0.15) is 44.4 Å². The summed E-state index contributed by atoms with van der Waals surface area (Å²) < 4.78 is 0. The van der Waals surface area contributed by atoms with E-state index in [2.05, 4.69) is 30.7 Å². The number of urea groups is 1. The van der Waals surface area contributed by atoms with Gasteiger partial charge in [-0.3, -0.25) is 9.80 Å². The van der Waals surface area contributed by atoms with Crippen LogP contribution in [0, 0.1) is 0 Å². The molecule has 2 rings (SSSR count). The summed E-state index contributed by atoms with van der Waals surface area (Å²) in [5.41, 5.74) is 5.55. The number of amides is 2. The van der Waals surface area contributed by atoms with Crippen molar-refractivity contribution in [3.63, 3.8) is 0 Å². The predicted molar refractivity (Wildman–Crippen MR) is 83.4 cm³/mol. The minimum absolute atomic E-state index is 0.402. The highest BCUT2D eigenvalue weighted by molar-refractivity contribution is 7.15. The third kappa shape index (κ3) is 3.30. The summed E-state index contributed by atoms with van der Waals surface area (Å²) in [7, 11) is 0. The van der Waals surface area contributed by atoms with Gasteiger partial charge < -0.3 is 5.73 Å². The Bertz CT molecular complexity index is 460. The number of rotatable bonds is 5. The Hall–Kier alpha value is -1.14. The van der Waals surface area contributed by atoms with E-state index in [1.165, 1.54) is 11.3 Å². The van der Waals surface area contributed by atoms with Gasteiger partial charge in [-0.2, -0.15) is 0 Å². The number of hydrogen-bond acceptors (Lipinski definition) is 4. The molecular weight excluding hydrogens is 272 g/mol. The summed E-state index contributed by atoms with van der Waals surface area (Å²) >= 11 is 1.57. The number of thiazole rings is 1. The molecule has 5 nitrogen and oxygen atoms in total. The molecular formula is C14H24N4OS. The fourth-order valence-electron chi connectivity index (χ4n) is 2.66. The van der Waals surface area contributed by atoms with Gasteiger partial charge in [0, 0.05) is 23.7 Å². The van der Waals surface area contributed by atoms with Crippen molar-refractivity contribution in [3.05, 3.63) is 11.1 Å². The van der Waals surface area contributed by atoms with E-state index in [9.17, 15) is 4.79 Å². The first-order chi connectivity index (χ1) is 9.52. The van der Waals surface area contributed by atoms with Crippen LogP contribution in [0.25, 0.3) is 0 Å². The van der Waals surface area contributed by atoms with Gasteiger partial charge in [-0.15, -0.1) is 11.3 Å². The molecule has 0 aromatic carbocycles. The number of likely N-dealkylation sites (N-methyl/N-ethyl adjacent to an activating group) is 1. The van der Waals surface area contributed by atoms with Gasteiger partial charge >= 0.3 is 6.03 Å². The number of hydrogen-bond donors (Lipinski definition) is 1. The van der Waals surface area contributed by atoms with E-state index in [4.69, 9.17) is 5.73 Å². The van der Waals surface area contributed by atoms with Gasteiger partial charge in [-0.25, -0.2) is 9.78 Å². The van der Waals surface area contributed by atoms with Crippen molar-refractivity contribution in [3.8, 4) is 0 Å². The van der Waals surface area contributed by atoms with Crippen LogP contribution in [-0.2, 0) is 0 Å². The number of carbonyl (C=O) groups is 1. The lowest BCUT2D eigenvalue weighted by atomic mass is 10.2. The Balaban J connectivity index is 2.12. The molecule has 1 atom stereocenters. The zero-order chi connectivity index (χ0) is 14.7. The van der Waals surface area contributed by atoms with E-state index in [1.807, 2.05) is 6.20 Å². The summed E-state index contributed by atoms with van der Waals surface area (Å²) in [6.07, 6.45) is 4.17. The number of carbonyl (C=O) groups excluding carboxylic acids is 1. The van der Waals surface area contributed by atoms with Gasteiger partial charge in [0.1, 0.15) is 0 Å². The molecule has 0 bridgehead atoms. The minimum Gasteiger partial charge on any atom is -0.351 e. The van der Waals surface area contributed by atoms with Crippen molar-refractivity contribution in [2.24, 2.45) is 5.73 Å². The standard InChI is InChI=1S/C14H24N4OS/c1-4-17-7-5-6-11(17)9-18(13(15)19)14-16-8-12(20-14)10(2)3/h8,10-11H,4-7,9H2,1-3H3,(H2,15,19). The molecule has 0 spiro atoms. The molecule has 2 heterocycles. The van der Waals surface area contributed by atoms with Crippen molar-refractivity contribution in [2.45, 2.75) is 45.6 Å². The van der Waals surface area contributed by atoms with Crippen LogP contribution in [0.5, 0.6) is 0 Å². The van der Waals surface area contributed by atoms with Crippen LogP contribution >= 0.6 is 11.3 Å². The van der Waals surface area contributed by atoms with Crippen molar-refractivity contribution >= 4 is 22.5 Å². The lowest BCUT2D eigenvalue weighted by molar-refractivity contribution is 0.244. The second-order valence-electron chi connectivity index (χ2n) is 5.57. The number of primary amides is 1. The third-order valence-electron chi connectivity index (χ3n) is 3.88. The summed E-state index contributed by atoms with van der Waals surface area (Å²) in [5, 5.41) is 0.726. The second kappa shape index (κ2) is 6.54. The highest BCUT2D eigenvalue weighted by Crippen LogP contribution is 2.29. The zero-order valence-corrected chi connectivity index (χ0v) is 13.3. The first kappa shape index (κ1) is 15.3. The minimum atomic E-state index is -0.405. The molecule has 0 radical (unpaired) electrons. The maximum Gasteiger partial charge on any atom is 0.321 e. The second-order valence-corrected chi connectivity index (χ2v) is 6.61. The molecule has 112 valence electrons. The maximum atomic E-state index is 11.8. The molecule has 1 aromatic rings. The normalized spacial score (nSPS) is 19.7. The molecule has 1 saturated heterocycles. The van der Waals surface area contributed by atoms with Crippen molar-refractivity contribution in [2.75, 3.05) is 24.5 Å². The number of anilines is 1. The molecule has 1 aromatic heterocycles. The molecule has 0 saturated carbocycles. The SMILES string of the molecule is CCN1CCCC1CN(C(N)=O)c1ncc(C(C)C)s1. The first-order valence-electron chi connectivity index (χ1n) is 7.29. The smallest absolute Gasteiger partial charge is 0.321 e. The Labute approximate surface area is 124 Å². The lowest BCUT2D eigenvalue weighted by Crippen LogP contribution is -2.45. The molecule has 1 unspecified atom stereocenters. The predicted octanol–water partition coefficient (Wildman–Crippen LogP) is 2.64. The highest BCUT2D eigenvalue weighted by atomic mass is 32.1. The largest absolute Gasteiger partial charge is 0.351 e. The van der Waals surface area contributed by atoms with Gasteiger partial charge in [0.25, 0.3) is 0 Å². The lowest BCUT2D eigenvalue weighted by Gasteiger charge is -2.27. The molecule has 1 fully saturated rings. The van der Waals surface area contributed by atoms with Crippen LogP contribution in [0.2, 0.25) is 0 Å². The van der Waals surface area contributed by atoms with Crippen molar-refractivity contribution < 1.29 is 4.79 Å². The average Bonchev–Trinajstić information content (AvgIpc) is 3.04. The Morgan fingerprint density at radius 2 is 2.40 bits per heavy atom. The van der Waals surface area contributed by atoms with E-state index in [0.717, 1.165) is 24.6 Å². The van der Waals surface area contributed by atoms with Gasteiger partial charge in [0.2, 0.25) is 0 Å². The third-order valence-corrected chi connectivity index (χ3v) is 5.20. The Morgan fingerprint density at radius 3 is 2.95 bits per heavy atom. The fraction of sp³-hybridized carbons (Fsp3) is 0.714. The van der Waals surface area contributed by atoms with Gasteiger partial charge in [0.05, 0.1) is 0 Å². The van der Waals surface area contributed by atoms with Crippen molar-refractivity contribution in [1.29, 1.82) is 0 Å². The molecule has 1 aliphatic heterocycles. The van der Waals surface area contributed by atoms with Crippen LogP contribution in [0.15, 0.2) is 6.20 Å². The average molecular weight is 296 g/mol. The zero-order valence-electron chi connectivity index (χ0n) is 12.5. The van der Waals surface area contributed by atoms with Crippen LogP contribution in [0.3, 0.4) is 0 Å². The topological polar surface area (TPSA) is 62.5 Å². The van der Waals surface area contributed by atoms with Gasteiger partial charge in [0.15, 0.2) is 5.13 Å². The highest BCUT2D eigenvalue weighted by Gasteiger charge is 2.28. The van der Waals surface area contributed by atoms with Crippen molar-refractivity contribution in [1.82, 2.24) is 9.88 Å². The van der Waals surface area contributed by atoms with Crippen LogP contribution < -0.4 is 10.6 Å². The van der Waals surface area contributed by atoms with E-state index in [1.54, 1.807) is 16.2 Å². The molecule has 0 aliphatic carbocycles.